The van der Waals surface area contributed by atoms with Crippen molar-refractivity contribution in [3.05, 3.63) is 78.4 Å². The molecule has 2 N–H and O–H groups in total. The molecule has 2 aromatic carbocycles. The van der Waals surface area contributed by atoms with Gasteiger partial charge in [-0.2, -0.15) is 4.31 Å². The molecule has 0 aromatic heterocycles. The molecule has 0 radical (unpaired) electrons. The molecule has 192 valence electrons. The number of piperidine rings is 1. The molecule has 1 aliphatic carbocycles. The molecule has 2 aliphatic rings. The van der Waals surface area contributed by atoms with Gasteiger partial charge in [0, 0.05) is 30.2 Å². The van der Waals surface area contributed by atoms with E-state index in [1.807, 2.05) is 18.2 Å². The van der Waals surface area contributed by atoms with Gasteiger partial charge in [-0.1, -0.05) is 36.9 Å². The highest BCUT2D eigenvalue weighted by Gasteiger charge is 2.51. The maximum Gasteiger partial charge on any atom is 0.251 e. The normalized spacial score (nSPS) is 19.3. The fourth-order valence-electron chi connectivity index (χ4n) is 5.28. The summed E-state index contributed by atoms with van der Waals surface area (Å²) in [6.07, 6.45) is 7.80. The van der Waals surface area contributed by atoms with E-state index in [2.05, 4.69) is 29.3 Å². The Labute approximate surface area is 214 Å². The molecule has 1 atom stereocenters. The lowest BCUT2D eigenvalue weighted by Gasteiger charge is -2.54. The Balaban J connectivity index is 1.32. The van der Waals surface area contributed by atoms with Crippen LogP contribution in [0.4, 0.5) is 0 Å². The van der Waals surface area contributed by atoms with Crippen molar-refractivity contribution in [3.63, 3.8) is 0 Å². The molecule has 2 amide bonds. The maximum absolute atomic E-state index is 13.5. The van der Waals surface area contributed by atoms with Crippen molar-refractivity contribution in [2.75, 3.05) is 13.1 Å². The molecule has 1 heterocycles. The van der Waals surface area contributed by atoms with Crippen molar-refractivity contribution >= 4 is 21.8 Å². The number of amides is 2. The number of carbonyl (C=O) groups excluding carboxylic acids is 2. The zero-order valence-corrected chi connectivity index (χ0v) is 21.4. The number of unbranched alkanes of at least 4 members (excludes halogenated alkanes) is 1. The van der Waals surface area contributed by atoms with Gasteiger partial charge in [0.2, 0.25) is 15.9 Å². The summed E-state index contributed by atoms with van der Waals surface area (Å²) in [6, 6.07) is 16.4. The van der Waals surface area contributed by atoms with Crippen LogP contribution < -0.4 is 10.6 Å². The standard InChI is InChI=1S/C28H35N3O4S/c1-2-26(32)30-24-16-20-31(28(21-24)17-8-18-28)36(34,35)25-14-12-23(13-15-25)27(33)29-19-7-6-11-22-9-4-3-5-10-22/h2-5,9-10,12-15,24H,1,6-8,11,16-21H2,(H,29,33)(H,30,32). The first-order chi connectivity index (χ1) is 17.3. The Hall–Kier alpha value is -2.97. The molecule has 36 heavy (non-hydrogen) atoms. The van der Waals surface area contributed by atoms with Crippen molar-refractivity contribution in [3.8, 4) is 0 Å². The predicted molar refractivity (Wildman–Crippen MR) is 140 cm³/mol. The van der Waals surface area contributed by atoms with Gasteiger partial charge in [-0.25, -0.2) is 8.42 Å². The van der Waals surface area contributed by atoms with Gasteiger partial charge in [-0.05, 0) is 87.3 Å². The molecule has 1 saturated carbocycles. The van der Waals surface area contributed by atoms with Crippen LogP contribution >= 0.6 is 0 Å². The largest absolute Gasteiger partial charge is 0.352 e. The second kappa shape index (κ2) is 11.4. The molecule has 1 saturated heterocycles. The minimum Gasteiger partial charge on any atom is -0.352 e. The molecule has 1 unspecified atom stereocenters. The second-order valence-corrected chi connectivity index (χ2v) is 11.6. The van der Waals surface area contributed by atoms with Crippen LogP contribution in [0.5, 0.6) is 0 Å². The Morgan fingerprint density at radius 1 is 1.06 bits per heavy atom. The topological polar surface area (TPSA) is 95.6 Å². The Kier molecular flexibility index (Phi) is 8.26. The predicted octanol–water partition coefficient (Wildman–Crippen LogP) is 3.82. The van der Waals surface area contributed by atoms with Crippen LogP contribution in [0.3, 0.4) is 0 Å². The second-order valence-electron chi connectivity index (χ2n) is 9.78. The number of benzene rings is 2. The summed E-state index contributed by atoms with van der Waals surface area (Å²) in [7, 11) is -3.71. The van der Waals surface area contributed by atoms with E-state index in [-0.39, 0.29) is 22.8 Å². The van der Waals surface area contributed by atoms with Crippen molar-refractivity contribution in [1.82, 2.24) is 14.9 Å². The zero-order chi connectivity index (χ0) is 25.6. The van der Waals surface area contributed by atoms with Crippen molar-refractivity contribution < 1.29 is 18.0 Å². The number of rotatable bonds is 10. The Morgan fingerprint density at radius 2 is 1.78 bits per heavy atom. The number of nitrogens with one attached hydrogen (secondary N) is 2. The van der Waals surface area contributed by atoms with Gasteiger partial charge in [0.25, 0.3) is 5.91 Å². The molecular weight excluding hydrogens is 474 g/mol. The third-order valence-corrected chi connectivity index (χ3v) is 9.40. The van der Waals surface area contributed by atoms with Crippen molar-refractivity contribution in [1.29, 1.82) is 0 Å². The third kappa shape index (κ3) is 5.87. The average molecular weight is 510 g/mol. The lowest BCUT2D eigenvalue weighted by Crippen LogP contribution is -2.63. The summed E-state index contributed by atoms with van der Waals surface area (Å²) in [6.45, 7) is 4.43. The minimum atomic E-state index is -3.71. The first-order valence-electron chi connectivity index (χ1n) is 12.7. The van der Waals surface area contributed by atoms with Gasteiger partial charge in [0.1, 0.15) is 0 Å². The van der Waals surface area contributed by atoms with Gasteiger partial charge in [0.15, 0.2) is 0 Å². The Morgan fingerprint density at radius 3 is 2.42 bits per heavy atom. The minimum absolute atomic E-state index is 0.0546. The molecule has 2 aromatic rings. The third-order valence-electron chi connectivity index (χ3n) is 7.38. The van der Waals surface area contributed by atoms with Crippen LogP contribution in [0.15, 0.2) is 72.1 Å². The number of hydrogen-bond donors (Lipinski definition) is 2. The number of sulfonamides is 1. The molecule has 8 heteroatoms. The summed E-state index contributed by atoms with van der Waals surface area (Å²) < 4.78 is 28.7. The highest BCUT2D eigenvalue weighted by molar-refractivity contribution is 7.89. The summed E-state index contributed by atoms with van der Waals surface area (Å²) in [4.78, 5) is 24.5. The number of carbonyl (C=O) groups is 2. The molecule has 2 fully saturated rings. The van der Waals surface area contributed by atoms with Gasteiger partial charge >= 0.3 is 0 Å². The van der Waals surface area contributed by atoms with Gasteiger partial charge in [-0.15, -0.1) is 0 Å². The Bertz CT molecular complexity index is 1180. The van der Waals surface area contributed by atoms with Crippen LogP contribution in [-0.4, -0.2) is 49.2 Å². The van der Waals surface area contributed by atoms with Crippen LogP contribution in [-0.2, 0) is 21.2 Å². The fourth-order valence-corrected chi connectivity index (χ4v) is 7.13. The van der Waals surface area contributed by atoms with E-state index in [0.29, 0.717) is 31.5 Å². The summed E-state index contributed by atoms with van der Waals surface area (Å²) in [5, 5.41) is 5.86. The molecular formula is C28H35N3O4S. The quantitative estimate of drug-likeness (QED) is 0.376. The highest BCUT2D eigenvalue weighted by Crippen LogP contribution is 2.46. The van der Waals surface area contributed by atoms with E-state index in [1.54, 1.807) is 16.4 Å². The maximum atomic E-state index is 13.5. The first-order valence-corrected chi connectivity index (χ1v) is 14.2. The van der Waals surface area contributed by atoms with Crippen LogP contribution in [0.1, 0.15) is 60.9 Å². The fraction of sp³-hybridized carbons (Fsp3) is 0.429. The monoisotopic (exact) mass is 509 g/mol. The van der Waals surface area contributed by atoms with E-state index in [4.69, 9.17) is 0 Å². The van der Waals surface area contributed by atoms with E-state index in [1.165, 1.54) is 23.8 Å². The van der Waals surface area contributed by atoms with E-state index < -0.39 is 15.6 Å². The lowest BCUT2D eigenvalue weighted by atomic mass is 9.70. The van der Waals surface area contributed by atoms with E-state index >= 15 is 0 Å². The highest BCUT2D eigenvalue weighted by atomic mass is 32.2. The van der Waals surface area contributed by atoms with Crippen LogP contribution in [0.25, 0.3) is 0 Å². The smallest absolute Gasteiger partial charge is 0.251 e. The van der Waals surface area contributed by atoms with Gasteiger partial charge < -0.3 is 10.6 Å². The van der Waals surface area contributed by atoms with Gasteiger partial charge in [0.05, 0.1) is 4.90 Å². The van der Waals surface area contributed by atoms with Crippen LogP contribution in [0.2, 0.25) is 0 Å². The van der Waals surface area contributed by atoms with E-state index in [0.717, 1.165) is 38.5 Å². The van der Waals surface area contributed by atoms with Crippen molar-refractivity contribution in [2.24, 2.45) is 0 Å². The summed E-state index contributed by atoms with van der Waals surface area (Å²) >= 11 is 0. The average Bonchev–Trinajstić information content (AvgIpc) is 2.87. The van der Waals surface area contributed by atoms with Crippen molar-refractivity contribution in [2.45, 2.75) is 67.8 Å². The molecule has 0 bridgehead atoms. The molecule has 4 rings (SSSR count). The summed E-state index contributed by atoms with van der Waals surface area (Å²) in [5.74, 6) is -0.427. The van der Waals surface area contributed by atoms with E-state index in [9.17, 15) is 18.0 Å². The summed E-state index contributed by atoms with van der Waals surface area (Å²) in [5.41, 5.74) is 1.28. The number of hydrogen-bond acceptors (Lipinski definition) is 4. The zero-order valence-electron chi connectivity index (χ0n) is 20.6. The van der Waals surface area contributed by atoms with Gasteiger partial charge in [-0.3, -0.25) is 9.59 Å². The molecule has 1 aliphatic heterocycles. The SMILES string of the molecule is C=CC(=O)NC1CCN(S(=O)(=O)c2ccc(C(=O)NCCCCc3ccccc3)cc2)C2(CCC2)C1. The lowest BCUT2D eigenvalue weighted by molar-refractivity contribution is -0.117. The number of nitrogens with zero attached hydrogens (tertiary/aromatic N) is 1. The molecule has 7 nitrogen and oxygen atoms in total. The first kappa shape index (κ1) is 26.1. The molecule has 1 spiro atoms. The van der Waals surface area contributed by atoms with Crippen LogP contribution in [0, 0.1) is 0 Å². The number of aryl methyl sites for hydroxylation is 1.